The molecule has 0 amide bonds. The van der Waals surface area contributed by atoms with Crippen molar-refractivity contribution in [2.75, 3.05) is 0 Å². The van der Waals surface area contributed by atoms with Gasteiger partial charge < -0.3 is 4.74 Å². The third-order valence-corrected chi connectivity index (χ3v) is 2.12. The van der Waals surface area contributed by atoms with Crippen molar-refractivity contribution in [3.8, 4) is 6.01 Å². The molecular weight excluding hydrogens is 261 g/mol. The molecule has 98 valence electrons. The standard InChI is InChI=1S/C12H7F3N2O2/c13-12(14,15)9-6-7-16-11(17-9)19-10(18)8-4-2-1-3-5-8/h1-7H. The van der Waals surface area contributed by atoms with E-state index < -0.39 is 23.8 Å². The molecule has 0 aliphatic carbocycles. The minimum atomic E-state index is -4.61. The smallest absolute Gasteiger partial charge is 0.387 e. The summed E-state index contributed by atoms with van der Waals surface area (Å²) in [7, 11) is 0. The molecule has 0 aliphatic rings. The zero-order chi connectivity index (χ0) is 13.9. The van der Waals surface area contributed by atoms with Crippen molar-refractivity contribution in [2.45, 2.75) is 6.18 Å². The van der Waals surface area contributed by atoms with Crippen LogP contribution >= 0.6 is 0 Å². The molecule has 0 unspecified atom stereocenters. The summed E-state index contributed by atoms with van der Waals surface area (Å²) in [5, 5.41) is 0. The lowest BCUT2D eigenvalue weighted by Gasteiger charge is -2.06. The SMILES string of the molecule is O=C(Oc1nccc(C(F)(F)F)n1)c1ccccc1. The molecule has 1 aromatic heterocycles. The Labute approximate surface area is 105 Å². The van der Waals surface area contributed by atoms with Gasteiger partial charge in [-0.3, -0.25) is 0 Å². The van der Waals surface area contributed by atoms with E-state index in [1.807, 2.05) is 0 Å². The van der Waals surface area contributed by atoms with Gasteiger partial charge in [-0.25, -0.2) is 9.78 Å². The number of halogens is 3. The molecule has 2 rings (SSSR count). The molecule has 0 bridgehead atoms. The number of nitrogens with zero attached hydrogens (tertiary/aromatic N) is 2. The Balaban J connectivity index is 2.18. The van der Waals surface area contributed by atoms with Crippen LogP contribution in [0.3, 0.4) is 0 Å². The zero-order valence-electron chi connectivity index (χ0n) is 9.39. The van der Waals surface area contributed by atoms with E-state index in [4.69, 9.17) is 0 Å². The second kappa shape index (κ2) is 5.05. The molecule has 0 saturated carbocycles. The number of aromatic nitrogens is 2. The first-order valence-corrected chi connectivity index (χ1v) is 5.14. The van der Waals surface area contributed by atoms with Gasteiger partial charge in [0.15, 0.2) is 5.69 Å². The van der Waals surface area contributed by atoms with Gasteiger partial charge in [0.05, 0.1) is 5.56 Å². The fourth-order valence-corrected chi connectivity index (χ4v) is 1.26. The van der Waals surface area contributed by atoms with Gasteiger partial charge in [-0.15, -0.1) is 0 Å². The van der Waals surface area contributed by atoms with Crippen molar-refractivity contribution in [2.24, 2.45) is 0 Å². The number of esters is 1. The van der Waals surface area contributed by atoms with Crippen molar-refractivity contribution in [1.82, 2.24) is 9.97 Å². The Bertz CT molecular complexity index is 585. The second-order valence-corrected chi connectivity index (χ2v) is 3.48. The first-order chi connectivity index (χ1) is 8.97. The van der Waals surface area contributed by atoms with Gasteiger partial charge in [-0.1, -0.05) is 18.2 Å². The van der Waals surface area contributed by atoms with Gasteiger partial charge in [-0.05, 0) is 18.2 Å². The number of hydrogen-bond donors (Lipinski definition) is 0. The van der Waals surface area contributed by atoms with E-state index >= 15 is 0 Å². The molecule has 0 fully saturated rings. The van der Waals surface area contributed by atoms with Crippen molar-refractivity contribution in [3.05, 3.63) is 53.9 Å². The molecule has 0 spiro atoms. The molecule has 1 heterocycles. The number of ether oxygens (including phenoxy) is 1. The van der Waals surface area contributed by atoms with Crippen LogP contribution in [0.2, 0.25) is 0 Å². The van der Waals surface area contributed by atoms with E-state index in [1.54, 1.807) is 18.2 Å². The van der Waals surface area contributed by atoms with Crippen LogP contribution in [0.5, 0.6) is 6.01 Å². The summed E-state index contributed by atoms with van der Waals surface area (Å²) < 4.78 is 41.9. The van der Waals surface area contributed by atoms with Crippen LogP contribution < -0.4 is 4.74 Å². The molecule has 7 heteroatoms. The molecule has 19 heavy (non-hydrogen) atoms. The third-order valence-electron chi connectivity index (χ3n) is 2.12. The highest BCUT2D eigenvalue weighted by atomic mass is 19.4. The van der Waals surface area contributed by atoms with E-state index in [2.05, 4.69) is 14.7 Å². The van der Waals surface area contributed by atoms with E-state index in [-0.39, 0.29) is 5.56 Å². The predicted octanol–water partition coefficient (Wildman–Crippen LogP) is 2.71. The summed E-state index contributed by atoms with van der Waals surface area (Å²) in [4.78, 5) is 18.2. The molecule has 0 saturated heterocycles. The fraction of sp³-hybridized carbons (Fsp3) is 0.0833. The molecule has 0 aliphatic heterocycles. The van der Waals surface area contributed by atoms with Crippen LogP contribution in [0.1, 0.15) is 16.1 Å². The Morgan fingerprint density at radius 1 is 1.11 bits per heavy atom. The average molecular weight is 268 g/mol. The van der Waals surface area contributed by atoms with Crippen LogP contribution in [-0.4, -0.2) is 15.9 Å². The first kappa shape index (κ1) is 13.0. The highest BCUT2D eigenvalue weighted by Crippen LogP contribution is 2.27. The van der Waals surface area contributed by atoms with Gasteiger partial charge in [0.25, 0.3) is 0 Å². The number of benzene rings is 1. The number of carbonyl (C=O) groups is 1. The van der Waals surface area contributed by atoms with Gasteiger partial charge >= 0.3 is 18.2 Å². The second-order valence-electron chi connectivity index (χ2n) is 3.48. The molecule has 0 atom stereocenters. The van der Waals surface area contributed by atoms with Crippen molar-refractivity contribution in [3.63, 3.8) is 0 Å². The first-order valence-electron chi connectivity index (χ1n) is 5.14. The lowest BCUT2D eigenvalue weighted by Crippen LogP contribution is -2.13. The number of hydrogen-bond acceptors (Lipinski definition) is 4. The van der Waals surface area contributed by atoms with Gasteiger partial charge in [0.2, 0.25) is 0 Å². The number of carbonyl (C=O) groups excluding carboxylic acids is 1. The molecule has 2 aromatic rings. The largest absolute Gasteiger partial charge is 0.433 e. The van der Waals surface area contributed by atoms with Crippen LogP contribution in [0, 0.1) is 0 Å². The Kier molecular flexibility index (Phi) is 3.46. The molecule has 0 N–H and O–H groups in total. The highest BCUT2D eigenvalue weighted by molar-refractivity contribution is 5.90. The summed E-state index contributed by atoms with van der Waals surface area (Å²) in [6, 6.07) is 7.89. The summed E-state index contributed by atoms with van der Waals surface area (Å²) in [5.41, 5.74) is -0.970. The molecular formula is C12H7F3N2O2. The van der Waals surface area contributed by atoms with Crippen molar-refractivity contribution in [1.29, 1.82) is 0 Å². The minimum Gasteiger partial charge on any atom is -0.387 e. The summed E-state index contributed by atoms with van der Waals surface area (Å²) in [5.74, 6) is -0.820. The molecule has 4 nitrogen and oxygen atoms in total. The van der Waals surface area contributed by atoms with Crippen molar-refractivity contribution < 1.29 is 22.7 Å². The lowest BCUT2D eigenvalue weighted by molar-refractivity contribution is -0.141. The maximum atomic E-state index is 12.4. The Hall–Kier alpha value is -2.44. The summed E-state index contributed by atoms with van der Waals surface area (Å²) >= 11 is 0. The topological polar surface area (TPSA) is 52.1 Å². The van der Waals surface area contributed by atoms with E-state index in [0.717, 1.165) is 6.20 Å². The van der Waals surface area contributed by atoms with E-state index in [1.165, 1.54) is 12.1 Å². The maximum absolute atomic E-state index is 12.4. The van der Waals surface area contributed by atoms with Crippen molar-refractivity contribution >= 4 is 5.97 Å². The van der Waals surface area contributed by atoms with Crippen LogP contribution in [-0.2, 0) is 6.18 Å². The van der Waals surface area contributed by atoms with Crippen LogP contribution in [0.4, 0.5) is 13.2 Å². The highest BCUT2D eigenvalue weighted by Gasteiger charge is 2.33. The van der Waals surface area contributed by atoms with Crippen LogP contribution in [0.25, 0.3) is 0 Å². The number of rotatable bonds is 2. The normalized spacial score (nSPS) is 11.1. The average Bonchev–Trinajstić information content (AvgIpc) is 2.39. The van der Waals surface area contributed by atoms with E-state index in [0.29, 0.717) is 6.07 Å². The maximum Gasteiger partial charge on any atom is 0.433 e. The number of alkyl halides is 3. The third kappa shape index (κ3) is 3.27. The van der Waals surface area contributed by atoms with Gasteiger partial charge in [-0.2, -0.15) is 18.2 Å². The predicted molar refractivity (Wildman–Crippen MR) is 58.4 cm³/mol. The fourth-order valence-electron chi connectivity index (χ4n) is 1.26. The summed E-state index contributed by atoms with van der Waals surface area (Å²) in [6.07, 6.45) is -3.74. The minimum absolute atomic E-state index is 0.198. The molecule has 1 aromatic carbocycles. The zero-order valence-corrected chi connectivity index (χ0v) is 9.39. The Morgan fingerprint density at radius 3 is 2.42 bits per heavy atom. The lowest BCUT2D eigenvalue weighted by atomic mass is 10.2. The summed E-state index contributed by atoms with van der Waals surface area (Å²) in [6.45, 7) is 0. The monoisotopic (exact) mass is 268 g/mol. The Morgan fingerprint density at radius 2 is 1.79 bits per heavy atom. The van der Waals surface area contributed by atoms with Gasteiger partial charge in [0.1, 0.15) is 0 Å². The van der Waals surface area contributed by atoms with E-state index in [9.17, 15) is 18.0 Å². The molecule has 0 radical (unpaired) electrons. The quantitative estimate of drug-likeness (QED) is 0.786. The van der Waals surface area contributed by atoms with Gasteiger partial charge in [0, 0.05) is 6.20 Å². The van der Waals surface area contributed by atoms with Crippen LogP contribution in [0.15, 0.2) is 42.6 Å².